The summed E-state index contributed by atoms with van der Waals surface area (Å²) in [7, 11) is 0. The lowest BCUT2D eigenvalue weighted by atomic mass is 10.1. The third-order valence-corrected chi connectivity index (χ3v) is 2.79. The highest BCUT2D eigenvalue weighted by Crippen LogP contribution is 2.11. The number of carbonyl (C=O) groups is 2. The average Bonchev–Trinajstić information content (AvgIpc) is 2.49. The molecule has 1 aromatic rings. The number of hydrogen-bond acceptors (Lipinski definition) is 5. The Morgan fingerprint density at radius 2 is 1.91 bits per heavy atom. The van der Waals surface area contributed by atoms with Gasteiger partial charge in [0, 0.05) is 13.0 Å². The minimum atomic E-state index is -1.20. The maximum absolute atomic E-state index is 12.0. The van der Waals surface area contributed by atoms with E-state index < -0.39 is 18.0 Å². The number of aliphatic hydroxyl groups excluding tert-OH is 1. The fourth-order valence-electron chi connectivity index (χ4n) is 1.71. The van der Waals surface area contributed by atoms with E-state index in [0.29, 0.717) is 13.0 Å². The van der Waals surface area contributed by atoms with Crippen LogP contribution in [-0.2, 0) is 9.47 Å². The number of hydrogen-bond donors (Lipinski definition) is 2. The second-order valence-corrected chi connectivity index (χ2v) is 4.85. The summed E-state index contributed by atoms with van der Waals surface area (Å²) in [6.07, 6.45) is -0.163. The molecule has 1 rings (SSSR count). The van der Waals surface area contributed by atoms with Crippen molar-refractivity contribution in [3.05, 3.63) is 47.5 Å². The van der Waals surface area contributed by atoms with Crippen LogP contribution in [0.2, 0.25) is 0 Å². The first-order chi connectivity index (χ1) is 10.5. The summed E-state index contributed by atoms with van der Waals surface area (Å²) in [4.78, 5) is 23.1. The Labute approximate surface area is 129 Å². The van der Waals surface area contributed by atoms with Crippen molar-refractivity contribution in [2.24, 2.45) is 0 Å². The van der Waals surface area contributed by atoms with Crippen LogP contribution in [0.25, 0.3) is 0 Å². The van der Waals surface area contributed by atoms with Crippen LogP contribution in [0.4, 0.5) is 0 Å². The molecule has 0 bridgehead atoms. The van der Waals surface area contributed by atoms with Gasteiger partial charge in [-0.1, -0.05) is 24.3 Å². The number of carbonyl (C=O) groups excluding carboxylic acids is 1. The van der Waals surface area contributed by atoms with Crippen molar-refractivity contribution >= 4 is 11.9 Å². The minimum absolute atomic E-state index is 0.0161. The molecule has 0 saturated heterocycles. The first-order valence-electron chi connectivity index (χ1n) is 6.82. The molecule has 1 atom stereocenters. The number of esters is 1. The van der Waals surface area contributed by atoms with E-state index in [1.807, 2.05) is 0 Å². The van der Waals surface area contributed by atoms with E-state index in [1.54, 1.807) is 13.0 Å². The molecule has 0 aliphatic rings. The molecule has 1 unspecified atom stereocenters. The van der Waals surface area contributed by atoms with Crippen LogP contribution in [0.1, 0.15) is 34.1 Å². The molecule has 120 valence electrons. The second-order valence-electron chi connectivity index (χ2n) is 4.85. The van der Waals surface area contributed by atoms with Crippen LogP contribution in [-0.4, -0.2) is 48.1 Å². The second kappa shape index (κ2) is 8.96. The molecule has 0 saturated carbocycles. The fraction of sp³-hybridized carbons (Fsp3) is 0.375. The average molecular weight is 308 g/mol. The van der Waals surface area contributed by atoms with Crippen LogP contribution >= 0.6 is 0 Å². The van der Waals surface area contributed by atoms with Gasteiger partial charge in [-0.25, -0.2) is 9.59 Å². The van der Waals surface area contributed by atoms with Crippen molar-refractivity contribution in [3.63, 3.8) is 0 Å². The van der Waals surface area contributed by atoms with E-state index in [9.17, 15) is 9.59 Å². The molecule has 6 nitrogen and oxygen atoms in total. The Morgan fingerprint density at radius 1 is 1.27 bits per heavy atom. The highest BCUT2D eigenvalue weighted by molar-refractivity contribution is 6.02. The molecule has 0 aliphatic carbocycles. The Morgan fingerprint density at radius 3 is 2.45 bits per heavy atom. The van der Waals surface area contributed by atoms with Crippen molar-refractivity contribution in [2.45, 2.75) is 19.4 Å². The number of carboxylic acid groups (broad SMARTS) is 1. The zero-order valence-electron chi connectivity index (χ0n) is 12.4. The van der Waals surface area contributed by atoms with Crippen molar-refractivity contribution in [1.29, 1.82) is 0 Å². The van der Waals surface area contributed by atoms with Crippen molar-refractivity contribution < 1.29 is 29.3 Å². The SMILES string of the molecule is C=C(C)COC(CCO)COC(=O)c1ccccc1C(=O)O. The monoisotopic (exact) mass is 308 g/mol. The van der Waals surface area contributed by atoms with Gasteiger partial charge in [-0.15, -0.1) is 0 Å². The van der Waals surface area contributed by atoms with E-state index in [2.05, 4.69) is 6.58 Å². The van der Waals surface area contributed by atoms with Gasteiger partial charge in [-0.3, -0.25) is 0 Å². The van der Waals surface area contributed by atoms with Crippen LogP contribution < -0.4 is 0 Å². The molecule has 22 heavy (non-hydrogen) atoms. The number of ether oxygens (including phenoxy) is 2. The first-order valence-corrected chi connectivity index (χ1v) is 6.82. The van der Waals surface area contributed by atoms with E-state index in [4.69, 9.17) is 19.7 Å². The van der Waals surface area contributed by atoms with E-state index >= 15 is 0 Å². The number of benzene rings is 1. The zero-order valence-corrected chi connectivity index (χ0v) is 12.4. The Kier molecular flexibility index (Phi) is 7.28. The lowest BCUT2D eigenvalue weighted by Crippen LogP contribution is -2.24. The number of carboxylic acids is 1. The van der Waals surface area contributed by atoms with E-state index in [1.165, 1.54) is 18.2 Å². The molecular weight excluding hydrogens is 288 g/mol. The molecule has 2 N–H and O–H groups in total. The molecule has 0 heterocycles. The van der Waals surface area contributed by atoms with Crippen molar-refractivity contribution in [2.75, 3.05) is 19.8 Å². The lowest BCUT2D eigenvalue weighted by Gasteiger charge is -2.17. The highest BCUT2D eigenvalue weighted by Gasteiger charge is 2.19. The normalized spacial score (nSPS) is 11.7. The minimum Gasteiger partial charge on any atom is -0.478 e. The molecule has 6 heteroatoms. The summed E-state index contributed by atoms with van der Waals surface area (Å²) in [6.45, 7) is 5.62. The summed E-state index contributed by atoms with van der Waals surface area (Å²) in [5.41, 5.74) is 0.678. The predicted octanol–water partition coefficient (Wildman–Crippen LogP) is 1.89. The van der Waals surface area contributed by atoms with Gasteiger partial charge in [-0.2, -0.15) is 0 Å². The topological polar surface area (TPSA) is 93.1 Å². The van der Waals surface area contributed by atoms with Crippen LogP contribution in [0, 0.1) is 0 Å². The maximum Gasteiger partial charge on any atom is 0.339 e. The van der Waals surface area contributed by atoms with Gasteiger partial charge in [-0.05, 0) is 19.1 Å². The maximum atomic E-state index is 12.0. The smallest absolute Gasteiger partial charge is 0.339 e. The van der Waals surface area contributed by atoms with Gasteiger partial charge < -0.3 is 19.7 Å². The van der Waals surface area contributed by atoms with E-state index in [0.717, 1.165) is 5.57 Å². The Balaban J connectivity index is 2.67. The third kappa shape index (κ3) is 5.67. The van der Waals surface area contributed by atoms with Gasteiger partial charge in [0.15, 0.2) is 0 Å². The molecule has 0 fully saturated rings. The van der Waals surface area contributed by atoms with Crippen LogP contribution in [0.5, 0.6) is 0 Å². The Bertz CT molecular complexity index is 537. The fourth-order valence-corrected chi connectivity index (χ4v) is 1.71. The van der Waals surface area contributed by atoms with Crippen molar-refractivity contribution in [1.82, 2.24) is 0 Å². The van der Waals surface area contributed by atoms with Gasteiger partial charge in [0.1, 0.15) is 6.61 Å². The van der Waals surface area contributed by atoms with Crippen LogP contribution in [0.3, 0.4) is 0 Å². The third-order valence-electron chi connectivity index (χ3n) is 2.79. The molecule has 0 amide bonds. The molecule has 0 radical (unpaired) electrons. The summed E-state index contributed by atoms with van der Waals surface area (Å²) in [5.74, 6) is -1.93. The summed E-state index contributed by atoms with van der Waals surface area (Å²) in [5, 5.41) is 18.0. The Hall–Kier alpha value is -2.18. The van der Waals surface area contributed by atoms with Crippen LogP contribution in [0.15, 0.2) is 36.4 Å². The van der Waals surface area contributed by atoms with Gasteiger partial charge in [0.05, 0.1) is 23.8 Å². The quantitative estimate of drug-likeness (QED) is 0.534. The molecule has 0 aliphatic heterocycles. The molecule has 0 spiro atoms. The number of aromatic carboxylic acids is 1. The van der Waals surface area contributed by atoms with Gasteiger partial charge in [0.2, 0.25) is 0 Å². The predicted molar refractivity (Wildman–Crippen MR) is 79.9 cm³/mol. The molecule has 0 aromatic heterocycles. The number of rotatable bonds is 9. The lowest BCUT2D eigenvalue weighted by molar-refractivity contribution is -0.0102. The summed E-state index contributed by atoms with van der Waals surface area (Å²) < 4.78 is 10.6. The summed E-state index contributed by atoms with van der Waals surface area (Å²) in [6, 6.07) is 5.82. The molecule has 1 aromatic carbocycles. The molecular formula is C16H20O6. The zero-order chi connectivity index (χ0) is 16.5. The van der Waals surface area contributed by atoms with Gasteiger partial charge in [0.25, 0.3) is 0 Å². The number of aliphatic hydroxyl groups is 1. The first kappa shape index (κ1) is 17.9. The standard InChI is InChI=1S/C16H20O6/c1-11(2)9-21-12(7-8-17)10-22-16(20)14-6-4-3-5-13(14)15(18)19/h3-6,12,17H,1,7-10H2,2H3,(H,18,19). The summed E-state index contributed by atoms with van der Waals surface area (Å²) >= 11 is 0. The van der Waals surface area contributed by atoms with E-state index in [-0.39, 0.29) is 24.3 Å². The van der Waals surface area contributed by atoms with Gasteiger partial charge >= 0.3 is 11.9 Å². The van der Waals surface area contributed by atoms with Crippen molar-refractivity contribution in [3.8, 4) is 0 Å². The largest absolute Gasteiger partial charge is 0.478 e. The highest BCUT2D eigenvalue weighted by atomic mass is 16.6.